The fraction of sp³-hybridized carbons (Fsp3) is 0.273. The minimum Gasteiger partial charge on any atom is -0.475 e. The van der Waals surface area contributed by atoms with Gasteiger partial charge in [-0.3, -0.25) is 0 Å². The molecule has 3 aliphatic heterocycles. The van der Waals surface area contributed by atoms with E-state index in [0.29, 0.717) is 6.17 Å². The first-order valence-electron chi connectivity index (χ1n) is 9.21. The van der Waals surface area contributed by atoms with Gasteiger partial charge in [0.25, 0.3) is 0 Å². The van der Waals surface area contributed by atoms with Crippen molar-refractivity contribution in [1.29, 1.82) is 0 Å². The van der Waals surface area contributed by atoms with Crippen LogP contribution in [0.1, 0.15) is 36.4 Å². The highest BCUT2D eigenvalue weighted by Crippen LogP contribution is 2.51. The number of benzene rings is 3. The summed E-state index contributed by atoms with van der Waals surface area (Å²) in [5, 5.41) is 6.35. The van der Waals surface area contributed by atoms with E-state index in [4.69, 9.17) is 4.74 Å². The van der Waals surface area contributed by atoms with Crippen molar-refractivity contribution in [2.45, 2.75) is 37.7 Å². The molecule has 3 aromatic rings. The molecule has 0 radical (unpaired) electrons. The van der Waals surface area contributed by atoms with Crippen molar-refractivity contribution in [3.8, 4) is 5.75 Å². The topological polar surface area (TPSA) is 24.5 Å². The van der Waals surface area contributed by atoms with Gasteiger partial charge in [0.2, 0.25) is 0 Å². The van der Waals surface area contributed by atoms with Crippen molar-refractivity contribution in [2.24, 2.45) is 0 Å². The van der Waals surface area contributed by atoms with Gasteiger partial charge >= 0.3 is 0 Å². The van der Waals surface area contributed by atoms with E-state index in [1.807, 2.05) is 0 Å². The molecule has 3 heterocycles. The molecule has 25 heavy (non-hydrogen) atoms. The van der Waals surface area contributed by atoms with Crippen LogP contribution in [0.25, 0.3) is 10.8 Å². The number of anilines is 1. The Balaban J connectivity index is 1.68. The Hall–Kier alpha value is -2.52. The molecule has 3 aliphatic rings. The molecule has 6 rings (SSSR count). The number of piperidine rings is 1. The lowest BCUT2D eigenvalue weighted by Crippen LogP contribution is -2.58. The number of ether oxygens (including phenoxy) is 1. The molecule has 0 aliphatic carbocycles. The Labute approximate surface area is 147 Å². The lowest BCUT2D eigenvalue weighted by atomic mass is 9.85. The van der Waals surface area contributed by atoms with E-state index in [0.717, 1.165) is 12.2 Å². The third-order valence-corrected chi connectivity index (χ3v) is 5.96. The monoisotopic (exact) mass is 328 g/mol. The molecule has 1 N–H and O–H groups in total. The van der Waals surface area contributed by atoms with Gasteiger partial charge in [0, 0.05) is 11.3 Å². The molecule has 3 atom stereocenters. The van der Waals surface area contributed by atoms with Crippen LogP contribution < -0.4 is 10.1 Å². The van der Waals surface area contributed by atoms with Crippen molar-refractivity contribution in [1.82, 2.24) is 4.90 Å². The summed E-state index contributed by atoms with van der Waals surface area (Å²) in [5.74, 6) is 1.06. The average molecular weight is 328 g/mol. The van der Waals surface area contributed by atoms with Crippen molar-refractivity contribution >= 4 is 16.5 Å². The summed E-state index contributed by atoms with van der Waals surface area (Å²) >= 11 is 0. The summed E-state index contributed by atoms with van der Waals surface area (Å²) in [6.07, 6.45) is 3.99. The standard InChI is InChI=1S/C22H20N2O/c1-2-7-15-14(6-1)12-13-18-21(15)22-16-8-3-4-9-17(16)23-19-10-5-11-20(25-18)24(19)22/h1-4,6-9,12-13,19-20,22-23H,5,10-11H2/t19-,20+,22-/m0/s1. The van der Waals surface area contributed by atoms with Gasteiger partial charge in [-0.25, -0.2) is 4.90 Å². The second kappa shape index (κ2) is 4.99. The van der Waals surface area contributed by atoms with E-state index >= 15 is 0 Å². The number of para-hydroxylation sites is 1. The third kappa shape index (κ3) is 1.84. The molecule has 0 amide bonds. The number of hydrogen-bond donors (Lipinski definition) is 1. The zero-order chi connectivity index (χ0) is 16.4. The summed E-state index contributed by atoms with van der Waals surface area (Å²) in [6.45, 7) is 0. The van der Waals surface area contributed by atoms with E-state index in [1.54, 1.807) is 0 Å². The zero-order valence-corrected chi connectivity index (χ0v) is 14.0. The SMILES string of the molecule is c1ccc2c(c1)N[C@@H]1CCC[C@H]3Oc4ccc5ccccc5c4[C@H]2N13. The van der Waals surface area contributed by atoms with E-state index in [-0.39, 0.29) is 12.3 Å². The second-order valence-electron chi connectivity index (χ2n) is 7.30. The van der Waals surface area contributed by atoms with Crippen LogP contribution in [0.2, 0.25) is 0 Å². The van der Waals surface area contributed by atoms with Crippen LogP contribution in [0, 0.1) is 0 Å². The molecule has 0 unspecified atom stereocenters. The maximum absolute atomic E-state index is 6.48. The molecular formula is C22H20N2O. The Morgan fingerprint density at radius 1 is 0.920 bits per heavy atom. The molecule has 3 aromatic carbocycles. The Bertz CT molecular complexity index is 983. The zero-order valence-electron chi connectivity index (χ0n) is 14.0. The Kier molecular flexibility index (Phi) is 2.74. The van der Waals surface area contributed by atoms with Crippen LogP contribution in [-0.2, 0) is 0 Å². The van der Waals surface area contributed by atoms with Gasteiger partial charge in [-0.2, -0.15) is 0 Å². The largest absolute Gasteiger partial charge is 0.475 e. The van der Waals surface area contributed by atoms with Gasteiger partial charge in [0.1, 0.15) is 5.75 Å². The number of rotatable bonds is 0. The molecular weight excluding hydrogens is 308 g/mol. The van der Waals surface area contributed by atoms with E-state index < -0.39 is 0 Å². The molecule has 124 valence electrons. The van der Waals surface area contributed by atoms with Crippen LogP contribution in [0.15, 0.2) is 60.7 Å². The summed E-state index contributed by atoms with van der Waals surface area (Å²) in [4.78, 5) is 2.57. The highest BCUT2D eigenvalue weighted by molar-refractivity contribution is 5.89. The number of nitrogens with zero attached hydrogens (tertiary/aromatic N) is 1. The van der Waals surface area contributed by atoms with Gasteiger partial charge in [-0.05, 0) is 47.7 Å². The maximum Gasteiger partial charge on any atom is 0.155 e. The Morgan fingerprint density at radius 2 is 1.80 bits per heavy atom. The van der Waals surface area contributed by atoms with Crippen molar-refractivity contribution in [2.75, 3.05) is 5.32 Å². The van der Waals surface area contributed by atoms with E-state index in [9.17, 15) is 0 Å². The summed E-state index contributed by atoms with van der Waals surface area (Å²) < 4.78 is 6.48. The lowest BCUT2D eigenvalue weighted by molar-refractivity contribution is -0.0703. The van der Waals surface area contributed by atoms with Crippen LogP contribution in [-0.4, -0.2) is 17.3 Å². The average Bonchev–Trinajstić information content (AvgIpc) is 2.67. The first kappa shape index (κ1) is 13.7. The van der Waals surface area contributed by atoms with Crippen LogP contribution in [0.3, 0.4) is 0 Å². The van der Waals surface area contributed by atoms with Gasteiger partial charge in [-0.1, -0.05) is 48.5 Å². The van der Waals surface area contributed by atoms with Crippen LogP contribution >= 0.6 is 0 Å². The minimum absolute atomic E-state index is 0.165. The smallest absolute Gasteiger partial charge is 0.155 e. The third-order valence-electron chi connectivity index (χ3n) is 5.96. The normalized spacial score (nSPS) is 26.8. The van der Waals surface area contributed by atoms with E-state index in [1.165, 1.54) is 40.4 Å². The maximum atomic E-state index is 6.48. The second-order valence-corrected chi connectivity index (χ2v) is 7.30. The van der Waals surface area contributed by atoms with Crippen molar-refractivity contribution < 1.29 is 4.74 Å². The predicted molar refractivity (Wildman–Crippen MR) is 99.7 cm³/mol. The molecule has 0 spiro atoms. The molecule has 0 bridgehead atoms. The lowest BCUT2D eigenvalue weighted by Gasteiger charge is -2.53. The fourth-order valence-corrected chi connectivity index (χ4v) is 4.92. The number of nitrogens with one attached hydrogen (secondary N) is 1. The van der Waals surface area contributed by atoms with Gasteiger partial charge < -0.3 is 10.1 Å². The van der Waals surface area contributed by atoms with Crippen molar-refractivity contribution in [3.63, 3.8) is 0 Å². The summed E-state index contributed by atoms with van der Waals surface area (Å²) in [7, 11) is 0. The van der Waals surface area contributed by atoms with Crippen molar-refractivity contribution in [3.05, 3.63) is 71.8 Å². The van der Waals surface area contributed by atoms with Gasteiger partial charge in [0.15, 0.2) is 6.23 Å². The summed E-state index contributed by atoms with van der Waals surface area (Å²) in [6, 6.07) is 22.1. The number of hydrogen-bond acceptors (Lipinski definition) is 3. The molecule has 3 nitrogen and oxygen atoms in total. The predicted octanol–water partition coefficient (Wildman–Crippen LogP) is 4.89. The fourth-order valence-electron chi connectivity index (χ4n) is 4.92. The van der Waals surface area contributed by atoms with Gasteiger partial charge in [-0.15, -0.1) is 0 Å². The quantitative estimate of drug-likeness (QED) is 0.636. The van der Waals surface area contributed by atoms with E-state index in [2.05, 4.69) is 70.9 Å². The highest BCUT2D eigenvalue weighted by atomic mass is 16.5. The first-order valence-corrected chi connectivity index (χ1v) is 9.21. The number of fused-ring (bicyclic) bond motifs is 6. The first-order chi connectivity index (χ1) is 12.4. The molecule has 1 saturated heterocycles. The molecule has 0 aromatic heterocycles. The molecule has 0 saturated carbocycles. The minimum atomic E-state index is 0.165. The molecule has 3 heteroatoms. The van der Waals surface area contributed by atoms with Gasteiger partial charge in [0.05, 0.1) is 12.2 Å². The molecule has 1 fully saturated rings. The van der Waals surface area contributed by atoms with Crippen LogP contribution in [0.5, 0.6) is 5.75 Å². The summed E-state index contributed by atoms with van der Waals surface area (Å²) in [5.41, 5.74) is 3.97. The highest BCUT2D eigenvalue weighted by Gasteiger charge is 2.46. The Morgan fingerprint density at radius 3 is 2.80 bits per heavy atom. The van der Waals surface area contributed by atoms with Crippen LogP contribution in [0.4, 0.5) is 5.69 Å².